The Morgan fingerprint density at radius 3 is 2.68 bits per heavy atom. The summed E-state index contributed by atoms with van der Waals surface area (Å²) in [6, 6.07) is 12.8. The van der Waals surface area contributed by atoms with Crippen molar-refractivity contribution in [2.45, 2.75) is 31.7 Å². The van der Waals surface area contributed by atoms with Crippen molar-refractivity contribution in [1.29, 1.82) is 0 Å². The van der Waals surface area contributed by atoms with Crippen LogP contribution in [-0.4, -0.2) is 31.0 Å². The number of hydrogen-bond acceptors (Lipinski definition) is 3. The highest BCUT2D eigenvalue weighted by Gasteiger charge is 2.21. The normalized spacial score (nSPS) is 16.4. The lowest BCUT2D eigenvalue weighted by molar-refractivity contribution is 0.100. The summed E-state index contributed by atoms with van der Waals surface area (Å²) in [6.45, 7) is 4.20. The number of H-pyrrole nitrogens is 1. The van der Waals surface area contributed by atoms with Gasteiger partial charge in [0.1, 0.15) is 0 Å². The first-order chi connectivity index (χ1) is 13.6. The van der Waals surface area contributed by atoms with Crippen LogP contribution in [0.25, 0.3) is 22.0 Å². The van der Waals surface area contributed by atoms with Crippen LogP contribution in [0.4, 0.5) is 0 Å². The van der Waals surface area contributed by atoms with Gasteiger partial charge in [-0.25, -0.2) is 0 Å². The van der Waals surface area contributed by atoms with Gasteiger partial charge in [-0.3, -0.25) is 4.79 Å². The number of amides is 1. The third-order valence-corrected chi connectivity index (χ3v) is 6.02. The number of benzene rings is 2. The lowest BCUT2D eigenvalue weighted by Crippen LogP contribution is -2.26. The van der Waals surface area contributed by atoms with E-state index in [1.165, 1.54) is 11.1 Å². The fraction of sp³-hybridized carbons (Fsp3) is 0.348. The van der Waals surface area contributed by atoms with Crippen molar-refractivity contribution in [2.24, 2.45) is 5.73 Å². The van der Waals surface area contributed by atoms with Crippen LogP contribution in [0.3, 0.4) is 0 Å². The summed E-state index contributed by atoms with van der Waals surface area (Å²) in [5.74, 6) is 0.104. The van der Waals surface area contributed by atoms with E-state index in [0.29, 0.717) is 11.5 Å². The summed E-state index contributed by atoms with van der Waals surface area (Å²) >= 11 is 0. The zero-order valence-corrected chi connectivity index (χ0v) is 16.5. The standard InChI is InChI=1S/C23H28N4O/c1-14(25-2)16-4-3-5-17(10-16)18-11-19-21(15-6-8-26-9-7-15)13-27-22(19)20(12-18)23(24)28/h3-5,10-15,25-27H,6-9H2,1-2H3,(H2,24,28). The summed E-state index contributed by atoms with van der Waals surface area (Å²) in [5.41, 5.74) is 11.8. The highest BCUT2D eigenvalue weighted by molar-refractivity contribution is 6.07. The van der Waals surface area contributed by atoms with Crippen molar-refractivity contribution in [3.63, 3.8) is 0 Å². The average Bonchev–Trinajstić information content (AvgIpc) is 3.17. The molecule has 0 radical (unpaired) electrons. The number of carbonyl (C=O) groups excluding carboxylic acids is 1. The molecule has 1 aromatic heterocycles. The topological polar surface area (TPSA) is 82.9 Å². The van der Waals surface area contributed by atoms with Crippen LogP contribution in [0.15, 0.2) is 42.6 Å². The maximum atomic E-state index is 12.2. The molecule has 1 aliphatic rings. The SMILES string of the molecule is CNC(C)c1cccc(-c2cc(C(N)=O)c3[nH]cc(C4CCNCC4)c3c2)c1. The highest BCUT2D eigenvalue weighted by Crippen LogP contribution is 2.36. The number of hydrogen-bond donors (Lipinski definition) is 4. The Bertz CT molecular complexity index is 1000. The van der Waals surface area contributed by atoms with Crippen molar-refractivity contribution < 1.29 is 4.79 Å². The van der Waals surface area contributed by atoms with Crippen molar-refractivity contribution >= 4 is 16.8 Å². The molecule has 1 aliphatic heterocycles. The molecule has 1 atom stereocenters. The highest BCUT2D eigenvalue weighted by atomic mass is 16.1. The Kier molecular flexibility index (Phi) is 5.20. The fourth-order valence-corrected chi connectivity index (χ4v) is 4.24. The molecule has 4 rings (SSSR count). The van der Waals surface area contributed by atoms with Gasteiger partial charge >= 0.3 is 0 Å². The number of piperidine rings is 1. The number of rotatable bonds is 5. The Labute approximate surface area is 165 Å². The minimum atomic E-state index is -0.398. The molecule has 5 heteroatoms. The molecule has 1 amide bonds. The van der Waals surface area contributed by atoms with Crippen LogP contribution < -0.4 is 16.4 Å². The van der Waals surface area contributed by atoms with Gasteiger partial charge in [-0.05, 0) is 86.3 Å². The fourth-order valence-electron chi connectivity index (χ4n) is 4.24. The number of fused-ring (bicyclic) bond motifs is 1. The van der Waals surface area contributed by atoms with Crippen molar-refractivity contribution in [2.75, 3.05) is 20.1 Å². The van der Waals surface area contributed by atoms with Crippen LogP contribution in [0.2, 0.25) is 0 Å². The van der Waals surface area contributed by atoms with Gasteiger partial charge in [0.25, 0.3) is 5.91 Å². The monoisotopic (exact) mass is 376 g/mol. The lowest BCUT2D eigenvalue weighted by atomic mass is 9.88. The molecule has 28 heavy (non-hydrogen) atoms. The van der Waals surface area contributed by atoms with E-state index in [0.717, 1.165) is 48.0 Å². The second kappa shape index (κ2) is 7.78. The molecular formula is C23H28N4O. The van der Waals surface area contributed by atoms with Gasteiger partial charge in [0, 0.05) is 17.6 Å². The molecule has 1 saturated heterocycles. The first-order valence-electron chi connectivity index (χ1n) is 10.0. The minimum absolute atomic E-state index is 0.261. The quantitative estimate of drug-likeness (QED) is 0.548. The summed E-state index contributed by atoms with van der Waals surface area (Å²) in [4.78, 5) is 15.5. The van der Waals surface area contributed by atoms with E-state index < -0.39 is 5.91 Å². The third-order valence-electron chi connectivity index (χ3n) is 6.02. The predicted octanol–water partition coefficient (Wildman–Crippen LogP) is 3.68. The van der Waals surface area contributed by atoms with Gasteiger partial charge in [0.2, 0.25) is 0 Å². The number of primary amides is 1. The zero-order valence-electron chi connectivity index (χ0n) is 16.5. The van der Waals surface area contributed by atoms with E-state index >= 15 is 0 Å². The zero-order chi connectivity index (χ0) is 19.7. The van der Waals surface area contributed by atoms with Crippen LogP contribution in [-0.2, 0) is 0 Å². The molecule has 2 heterocycles. The number of nitrogens with two attached hydrogens (primary N) is 1. The number of nitrogens with one attached hydrogen (secondary N) is 3. The molecule has 1 fully saturated rings. The van der Waals surface area contributed by atoms with Gasteiger partial charge in [-0.2, -0.15) is 0 Å². The molecular weight excluding hydrogens is 348 g/mol. The van der Waals surface area contributed by atoms with Gasteiger partial charge < -0.3 is 21.4 Å². The Morgan fingerprint density at radius 1 is 1.18 bits per heavy atom. The summed E-state index contributed by atoms with van der Waals surface area (Å²) in [7, 11) is 1.96. The number of aromatic nitrogens is 1. The third kappa shape index (κ3) is 3.43. The summed E-state index contributed by atoms with van der Waals surface area (Å²) in [6.07, 6.45) is 4.28. The van der Waals surface area contributed by atoms with E-state index in [2.05, 4.69) is 59.1 Å². The van der Waals surface area contributed by atoms with E-state index in [-0.39, 0.29) is 6.04 Å². The first-order valence-corrected chi connectivity index (χ1v) is 10.0. The second-order valence-corrected chi connectivity index (χ2v) is 7.71. The van der Waals surface area contributed by atoms with Gasteiger partial charge in [0.05, 0.1) is 11.1 Å². The molecule has 5 nitrogen and oxygen atoms in total. The molecule has 0 spiro atoms. The molecule has 146 valence electrons. The van der Waals surface area contributed by atoms with E-state index in [1.54, 1.807) is 0 Å². The van der Waals surface area contributed by atoms with Crippen LogP contribution in [0.1, 0.15) is 53.2 Å². The predicted molar refractivity (Wildman–Crippen MR) is 115 cm³/mol. The largest absolute Gasteiger partial charge is 0.366 e. The van der Waals surface area contributed by atoms with E-state index in [1.807, 2.05) is 13.1 Å². The lowest BCUT2D eigenvalue weighted by Gasteiger charge is -2.22. The molecule has 0 saturated carbocycles. The second-order valence-electron chi connectivity index (χ2n) is 7.71. The summed E-state index contributed by atoms with van der Waals surface area (Å²) < 4.78 is 0. The number of aromatic amines is 1. The molecule has 0 bridgehead atoms. The smallest absolute Gasteiger partial charge is 0.250 e. The Morgan fingerprint density at radius 2 is 1.96 bits per heavy atom. The maximum absolute atomic E-state index is 12.2. The summed E-state index contributed by atoms with van der Waals surface area (Å²) in [5, 5.41) is 7.82. The molecule has 5 N–H and O–H groups in total. The molecule has 1 unspecified atom stereocenters. The van der Waals surface area contributed by atoms with Crippen LogP contribution in [0.5, 0.6) is 0 Å². The van der Waals surface area contributed by atoms with Crippen molar-refractivity contribution in [3.8, 4) is 11.1 Å². The maximum Gasteiger partial charge on any atom is 0.250 e. The van der Waals surface area contributed by atoms with Crippen LogP contribution in [0, 0.1) is 0 Å². The van der Waals surface area contributed by atoms with E-state index in [9.17, 15) is 4.79 Å². The molecule has 2 aromatic carbocycles. The van der Waals surface area contributed by atoms with Crippen molar-refractivity contribution in [3.05, 3.63) is 59.3 Å². The Hall–Kier alpha value is -2.63. The Balaban J connectivity index is 1.86. The van der Waals surface area contributed by atoms with Crippen molar-refractivity contribution in [1.82, 2.24) is 15.6 Å². The van der Waals surface area contributed by atoms with Gasteiger partial charge in [-0.15, -0.1) is 0 Å². The first kappa shape index (κ1) is 18.7. The van der Waals surface area contributed by atoms with E-state index in [4.69, 9.17) is 5.73 Å². The van der Waals surface area contributed by atoms with Crippen LogP contribution >= 0.6 is 0 Å². The minimum Gasteiger partial charge on any atom is -0.366 e. The molecule has 0 aliphatic carbocycles. The molecule has 3 aromatic rings. The number of carbonyl (C=O) groups is 1. The van der Waals surface area contributed by atoms with Gasteiger partial charge in [-0.1, -0.05) is 18.2 Å². The average molecular weight is 377 g/mol. The van der Waals surface area contributed by atoms with Gasteiger partial charge in [0.15, 0.2) is 0 Å².